The van der Waals surface area contributed by atoms with Gasteiger partial charge in [0.25, 0.3) is 0 Å². The largest absolute Gasteiger partial charge is 0.461 e. The van der Waals surface area contributed by atoms with Crippen molar-refractivity contribution in [3.63, 3.8) is 0 Å². The van der Waals surface area contributed by atoms with E-state index in [0.717, 1.165) is 44.5 Å². The van der Waals surface area contributed by atoms with Crippen LogP contribution < -0.4 is 0 Å². The molecule has 5 aromatic rings. The van der Waals surface area contributed by atoms with Crippen molar-refractivity contribution in [1.82, 2.24) is 20.2 Å². The summed E-state index contributed by atoms with van der Waals surface area (Å²) in [6.45, 7) is 3.75. The summed E-state index contributed by atoms with van der Waals surface area (Å²) in [5, 5.41) is 12.8. The topological polar surface area (TPSA) is 96.2 Å². The van der Waals surface area contributed by atoms with Crippen molar-refractivity contribution in [3.05, 3.63) is 114 Å². The molecule has 8 nitrogen and oxygen atoms in total. The number of nitrogens with zero attached hydrogens (tertiary/aromatic N) is 4. The Kier molecular flexibility index (Phi) is 8.06. The molecule has 1 aromatic heterocycles. The number of carbonyl (C=O) groups excluding carboxylic acids is 2. The van der Waals surface area contributed by atoms with Crippen molar-refractivity contribution in [1.29, 1.82) is 0 Å². The number of carbonyl (C=O) groups is 2. The first-order valence-electron chi connectivity index (χ1n) is 12.9. The first-order valence-corrected chi connectivity index (χ1v) is 12.9. The van der Waals surface area contributed by atoms with Crippen LogP contribution in [0.4, 0.5) is 0 Å². The fourth-order valence-electron chi connectivity index (χ4n) is 4.45. The smallest absolute Gasteiger partial charge is 0.302 e. The van der Waals surface area contributed by atoms with Crippen molar-refractivity contribution in [2.45, 2.75) is 33.6 Å². The summed E-state index contributed by atoms with van der Waals surface area (Å²) in [7, 11) is 0. The fourth-order valence-corrected chi connectivity index (χ4v) is 4.45. The van der Waals surface area contributed by atoms with Gasteiger partial charge in [-0.25, -0.2) is 4.68 Å². The molecule has 0 spiro atoms. The third-order valence-electron chi connectivity index (χ3n) is 6.41. The molecule has 200 valence electrons. The molecule has 0 saturated carbocycles. The van der Waals surface area contributed by atoms with Crippen LogP contribution in [0, 0.1) is 0 Å². The summed E-state index contributed by atoms with van der Waals surface area (Å²) in [5.41, 5.74) is 7.65. The van der Waals surface area contributed by atoms with E-state index in [9.17, 15) is 9.59 Å². The van der Waals surface area contributed by atoms with Gasteiger partial charge in [-0.3, -0.25) is 9.59 Å². The normalized spacial score (nSPS) is 10.8. The molecule has 0 radical (unpaired) electrons. The lowest BCUT2D eigenvalue weighted by Crippen LogP contribution is -2.06. The monoisotopic (exact) mass is 532 g/mol. The van der Waals surface area contributed by atoms with E-state index in [1.807, 2.05) is 89.6 Å². The van der Waals surface area contributed by atoms with Gasteiger partial charge in [-0.1, -0.05) is 97.1 Å². The van der Waals surface area contributed by atoms with Gasteiger partial charge >= 0.3 is 11.9 Å². The van der Waals surface area contributed by atoms with Crippen molar-refractivity contribution in [3.8, 4) is 33.6 Å². The lowest BCUT2D eigenvalue weighted by molar-refractivity contribution is -0.143. The van der Waals surface area contributed by atoms with Gasteiger partial charge in [0.15, 0.2) is 5.82 Å². The zero-order valence-corrected chi connectivity index (χ0v) is 22.3. The van der Waals surface area contributed by atoms with Gasteiger partial charge in [-0.05, 0) is 49.4 Å². The summed E-state index contributed by atoms with van der Waals surface area (Å²) in [4.78, 5) is 22.5. The van der Waals surface area contributed by atoms with E-state index >= 15 is 0 Å². The van der Waals surface area contributed by atoms with E-state index in [2.05, 4.69) is 27.7 Å². The molecule has 5 rings (SSSR count). The molecule has 40 heavy (non-hydrogen) atoms. The molecule has 1 heterocycles. The highest BCUT2D eigenvalue weighted by molar-refractivity contribution is 5.92. The van der Waals surface area contributed by atoms with Crippen LogP contribution in [-0.2, 0) is 38.8 Å². The lowest BCUT2D eigenvalue weighted by atomic mass is 9.90. The fraction of sp³-hybridized carbons (Fsp3) is 0.156. The highest BCUT2D eigenvalue weighted by Crippen LogP contribution is 2.39. The van der Waals surface area contributed by atoms with Crippen molar-refractivity contribution >= 4 is 11.9 Å². The molecule has 0 fully saturated rings. The van der Waals surface area contributed by atoms with E-state index < -0.39 is 0 Å². The van der Waals surface area contributed by atoms with Crippen LogP contribution in [-0.4, -0.2) is 32.1 Å². The van der Waals surface area contributed by atoms with Gasteiger partial charge in [-0.2, -0.15) is 0 Å². The highest BCUT2D eigenvalue weighted by Gasteiger charge is 2.20. The Labute approximate surface area is 232 Å². The molecular formula is C32H28N4O4. The Balaban J connectivity index is 1.59. The van der Waals surface area contributed by atoms with Gasteiger partial charge < -0.3 is 9.47 Å². The van der Waals surface area contributed by atoms with Crippen molar-refractivity contribution < 1.29 is 19.1 Å². The zero-order valence-electron chi connectivity index (χ0n) is 22.3. The maximum absolute atomic E-state index is 11.2. The minimum atomic E-state index is -0.316. The summed E-state index contributed by atoms with van der Waals surface area (Å²) in [6, 6.07) is 32.0. The third-order valence-corrected chi connectivity index (χ3v) is 6.41. The van der Waals surface area contributed by atoms with E-state index in [4.69, 9.17) is 9.47 Å². The minimum absolute atomic E-state index is 0.220. The second-order valence-electron chi connectivity index (χ2n) is 9.33. The van der Waals surface area contributed by atoms with Gasteiger partial charge in [0.05, 0.1) is 6.54 Å². The van der Waals surface area contributed by atoms with Crippen LogP contribution in [0.5, 0.6) is 0 Å². The van der Waals surface area contributed by atoms with Gasteiger partial charge in [0.2, 0.25) is 0 Å². The van der Waals surface area contributed by atoms with Crippen LogP contribution in [0.15, 0.2) is 97.1 Å². The van der Waals surface area contributed by atoms with Crippen LogP contribution in [0.2, 0.25) is 0 Å². The molecule has 0 atom stereocenters. The number of hydrogen-bond acceptors (Lipinski definition) is 7. The summed E-state index contributed by atoms with van der Waals surface area (Å²) >= 11 is 0. The first-order chi connectivity index (χ1) is 19.5. The summed E-state index contributed by atoms with van der Waals surface area (Å²) in [6.07, 6.45) is 0. The van der Waals surface area contributed by atoms with E-state index in [1.54, 1.807) is 0 Å². The molecule has 0 aliphatic rings. The van der Waals surface area contributed by atoms with Crippen molar-refractivity contribution in [2.75, 3.05) is 0 Å². The number of hydrogen-bond donors (Lipinski definition) is 0. The number of benzene rings is 4. The zero-order chi connectivity index (χ0) is 27.9. The predicted octanol–water partition coefficient (Wildman–Crippen LogP) is 5.85. The Hall–Kier alpha value is -5.11. The molecule has 0 amide bonds. The number of tetrazole rings is 1. The highest BCUT2D eigenvalue weighted by atomic mass is 16.5. The molecule has 0 unspecified atom stereocenters. The maximum atomic E-state index is 11.2. The Morgan fingerprint density at radius 1 is 0.650 bits per heavy atom. The van der Waals surface area contributed by atoms with Crippen LogP contribution >= 0.6 is 0 Å². The second kappa shape index (κ2) is 12.2. The average Bonchev–Trinajstić information content (AvgIpc) is 3.43. The third kappa shape index (κ3) is 6.30. The molecule has 0 aliphatic heterocycles. The van der Waals surface area contributed by atoms with Gasteiger partial charge in [0, 0.05) is 19.4 Å². The molecule has 0 aliphatic carbocycles. The number of aromatic nitrogens is 4. The Bertz CT molecular complexity index is 1530. The predicted molar refractivity (Wildman–Crippen MR) is 151 cm³/mol. The quantitative estimate of drug-likeness (QED) is 0.220. The summed E-state index contributed by atoms with van der Waals surface area (Å²) < 4.78 is 12.1. The van der Waals surface area contributed by atoms with Gasteiger partial charge in [0.1, 0.15) is 13.2 Å². The standard InChI is InChI=1S/C32H28N4O4/c1-22(37)39-20-25-11-15-27(16-12-25)29-9-6-10-30(28-17-13-26(14-18-28)21-40-23(2)38)31(29)32-33-34-35-36(32)19-24-7-4-3-5-8-24/h3-18H,19-21H2,1-2H3. The first kappa shape index (κ1) is 26.5. The molecule has 0 bridgehead atoms. The van der Waals surface area contributed by atoms with Gasteiger partial charge in [-0.15, -0.1) is 5.10 Å². The Morgan fingerprint density at radius 3 is 1.68 bits per heavy atom. The molecule has 0 saturated heterocycles. The molecule has 4 aromatic carbocycles. The number of ether oxygens (including phenoxy) is 2. The SMILES string of the molecule is CC(=O)OCc1ccc(-c2cccc(-c3ccc(COC(C)=O)cc3)c2-c2nnnn2Cc2ccccc2)cc1. The second-order valence-corrected chi connectivity index (χ2v) is 9.33. The maximum Gasteiger partial charge on any atom is 0.302 e. The van der Waals surface area contributed by atoms with E-state index in [0.29, 0.717) is 12.4 Å². The summed E-state index contributed by atoms with van der Waals surface area (Å²) in [5.74, 6) is 0.00816. The van der Waals surface area contributed by atoms with E-state index in [-0.39, 0.29) is 25.2 Å². The lowest BCUT2D eigenvalue weighted by Gasteiger charge is -2.16. The average molecular weight is 533 g/mol. The van der Waals surface area contributed by atoms with Crippen LogP contribution in [0.1, 0.15) is 30.5 Å². The van der Waals surface area contributed by atoms with Crippen molar-refractivity contribution in [2.24, 2.45) is 0 Å². The van der Waals surface area contributed by atoms with Crippen LogP contribution in [0.3, 0.4) is 0 Å². The van der Waals surface area contributed by atoms with Crippen LogP contribution in [0.25, 0.3) is 33.6 Å². The Morgan fingerprint density at radius 2 is 1.18 bits per heavy atom. The minimum Gasteiger partial charge on any atom is -0.461 e. The number of esters is 2. The molecular weight excluding hydrogens is 504 g/mol. The van der Waals surface area contributed by atoms with E-state index in [1.165, 1.54) is 13.8 Å². The molecule has 8 heteroatoms. The molecule has 0 N–H and O–H groups in total. The number of rotatable bonds is 9.